The third-order valence-electron chi connectivity index (χ3n) is 8.17. The Morgan fingerprint density at radius 3 is 2.12 bits per heavy atom. The Labute approximate surface area is 286 Å². The van der Waals surface area contributed by atoms with Crippen LogP contribution in [0.4, 0.5) is 14.5 Å². The molecule has 4 N–H and O–H groups in total. The lowest BCUT2D eigenvalue weighted by molar-refractivity contribution is 0.0829. The molecule has 2 atom stereocenters. The van der Waals surface area contributed by atoms with Gasteiger partial charge in [0.2, 0.25) is 0 Å². The zero-order valence-electron chi connectivity index (χ0n) is 27.1. The van der Waals surface area contributed by atoms with Crippen LogP contribution in [0.3, 0.4) is 0 Å². The second-order valence-corrected chi connectivity index (χ2v) is 13.6. The zero-order chi connectivity index (χ0) is 34.8. The molecule has 0 unspecified atom stereocenters. The highest BCUT2D eigenvalue weighted by molar-refractivity contribution is 7.92. The summed E-state index contributed by atoms with van der Waals surface area (Å²) < 4.78 is 57.3. The first-order valence-corrected chi connectivity index (χ1v) is 17.5. The first kappa shape index (κ1) is 35.4. The molecular weight excluding hydrogens is 645 g/mol. The number of amides is 1. The van der Waals surface area contributed by atoms with Gasteiger partial charge in [-0.15, -0.1) is 0 Å². The molecule has 0 radical (unpaired) electrons. The van der Waals surface area contributed by atoms with Crippen molar-refractivity contribution in [3.8, 4) is 0 Å². The number of aryl methyl sites for hydroxylation is 1. The number of nitrogens with one attached hydrogen (secondary N) is 3. The molecule has 0 heterocycles. The van der Waals surface area contributed by atoms with E-state index in [0.717, 1.165) is 41.3 Å². The SMILES string of the molecule is CCc1cccc(CNC[C@@H](O)[C@H](Cc2cc(F)cc(F)c2)NC(=O)c2ccc(S(=O)(=O)Nc3ccccc3Cc3ccccc3)cc2)c1. The summed E-state index contributed by atoms with van der Waals surface area (Å²) in [5, 5.41) is 17.1. The van der Waals surface area contributed by atoms with Crippen molar-refractivity contribution in [2.24, 2.45) is 0 Å². The number of para-hydroxylation sites is 1. The minimum atomic E-state index is -3.99. The number of hydrogen-bond acceptors (Lipinski definition) is 5. The monoisotopic (exact) mass is 683 g/mol. The molecule has 0 aliphatic heterocycles. The normalized spacial score (nSPS) is 12.7. The molecule has 0 aliphatic rings. The van der Waals surface area contributed by atoms with Crippen LogP contribution >= 0.6 is 0 Å². The second-order valence-electron chi connectivity index (χ2n) is 11.9. The van der Waals surface area contributed by atoms with E-state index < -0.39 is 39.7 Å². The number of halogens is 2. The lowest BCUT2D eigenvalue weighted by Crippen LogP contribution is -2.48. The van der Waals surface area contributed by atoms with Gasteiger partial charge in [-0.1, -0.05) is 79.7 Å². The van der Waals surface area contributed by atoms with Crippen molar-refractivity contribution < 1.29 is 27.1 Å². The molecule has 0 aromatic heterocycles. The van der Waals surface area contributed by atoms with E-state index in [9.17, 15) is 27.1 Å². The third kappa shape index (κ3) is 10.1. The van der Waals surface area contributed by atoms with E-state index in [1.165, 1.54) is 29.8 Å². The summed E-state index contributed by atoms with van der Waals surface area (Å²) in [4.78, 5) is 13.3. The van der Waals surface area contributed by atoms with Crippen LogP contribution in [0.25, 0.3) is 0 Å². The Balaban J connectivity index is 1.27. The van der Waals surface area contributed by atoms with Crippen LogP contribution in [-0.2, 0) is 35.8 Å². The number of aliphatic hydroxyl groups is 1. The van der Waals surface area contributed by atoms with Gasteiger partial charge in [-0.2, -0.15) is 0 Å². The van der Waals surface area contributed by atoms with E-state index in [1.807, 2.05) is 60.7 Å². The van der Waals surface area contributed by atoms with Gasteiger partial charge in [0.05, 0.1) is 22.7 Å². The van der Waals surface area contributed by atoms with Crippen molar-refractivity contribution in [2.75, 3.05) is 11.3 Å². The Bertz CT molecular complexity index is 1950. The Kier molecular flexibility index (Phi) is 11.9. The summed E-state index contributed by atoms with van der Waals surface area (Å²) in [6, 6.07) is 32.5. The minimum Gasteiger partial charge on any atom is -0.390 e. The van der Waals surface area contributed by atoms with E-state index in [0.29, 0.717) is 18.7 Å². The van der Waals surface area contributed by atoms with Crippen molar-refractivity contribution in [2.45, 2.75) is 49.8 Å². The predicted octanol–water partition coefficient (Wildman–Crippen LogP) is 6.41. The van der Waals surface area contributed by atoms with Crippen LogP contribution < -0.4 is 15.4 Å². The molecule has 10 heteroatoms. The van der Waals surface area contributed by atoms with Crippen LogP contribution in [0, 0.1) is 11.6 Å². The van der Waals surface area contributed by atoms with Crippen molar-refractivity contribution in [1.82, 2.24) is 10.6 Å². The summed E-state index contributed by atoms with van der Waals surface area (Å²) in [5.74, 6) is -2.12. The van der Waals surface area contributed by atoms with E-state index in [-0.39, 0.29) is 29.0 Å². The van der Waals surface area contributed by atoms with Gasteiger partial charge in [0.15, 0.2) is 0 Å². The molecule has 0 spiro atoms. The molecule has 7 nitrogen and oxygen atoms in total. The molecule has 0 fully saturated rings. The zero-order valence-corrected chi connectivity index (χ0v) is 27.9. The summed E-state index contributed by atoms with van der Waals surface area (Å²) in [7, 11) is -3.99. The van der Waals surface area contributed by atoms with Gasteiger partial charge < -0.3 is 15.7 Å². The fourth-order valence-electron chi connectivity index (χ4n) is 5.56. The summed E-state index contributed by atoms with van der Waals surface area (Å²) in [5.41, 5.74) is 4.91. The molecule has 0 aliphatic carbocycles. The average Bonchev–Trinajstić information content (AvgIpc) is 3.09. The maximum atomic E-state index is 14.0. The first-order chi connectivity index (χ1) is 23.6. The number of aliphatic hydroxyl groups excluding tert-OH is 1. The largest absolute Gasteiger partial charge is 0.390 e. The van der Waals surface area contributed by atoms with Gasteiger partial charge in [-0.05, 0) is 89.5 Å². The van der Waals surface area contributed by atoms with Gasteiger partial charge in [-0.25, -0.2) is 17.2 Å². The maximum absolute atomic E-state index is 14.0. The molecule has 5 aromatic carbocycles. The lowest BCUT2D eigenvalue weighted by atomic mass is 10.00. The first-order valence-electron chi connectivity index (χ1n) is 16.1. The Morgan fingerprint density at radius 1 is 0.755 bits per heavy atom. The van der Waals surface area contributed by atoms with Crippen molar-refractivity contribution >= 4 is 21.6 Å². The summed E-state index contributed by atoms with van der Waals surface area (Å²) >= 11 is 0. The number of benzene rings is 5. The molecule has 0 saturated carbocycles. The van der Waals surface area contributed by atoms with Gasteiger partial charge in [-0.3, -0.25) is 9.52 Å². The van der Waals surface area contributed by atoms with E-state index >= 15 is 0 Å². The Hall–Kier alpha value is -4.90. The minimum absolute atomic E-state index is 0.0401. The highest BCUT2D eigenvalue weighted by Crippen LogP contribution is 2.23. The van der Waals surface area contributed by atoms with Crippen LogP contribution in [0.5, 0.6) is 0 Å². The predicted molar refractivity (Wildman–Crippen MR) is 188 cm³/mol. The van der Waals surface area contributed by atoms with Gasteiger partial charge in [0.25, 0.3) is 15.9 Å². The molecule has 0 bridgehead atoms. The van der Waals surface area contributed by atoms with Crippen LogP contribution in [-0.4, -0.2) is 38.1 Å². The number of carbonyl (C=O) groups excluding carboxylic acids is 1. The molecule has 0 saturated heterocycles. The molecule has 254 valence electrons. The number of carbonyl (C=O) groups is 1. The van der Waals surface area contributed by atoms with Crippen molar-refractivity contribution in [1.29, 1.82) is 0 Å². The van der Waals surface area contributed by atoms with E-state index in [2.05, 4.69) is 28.3 Å². The molecule has 1 amide bonds. The van der Waals surface area contributed by atoms with Crippen molar-refractivity contribution in [3.05, 3.63) is 166 Å². The molecule has 5 rings (SSSR count). The Morgan fingerprint density at radius 2 is 1.41 bits per heavy atom. The van der Waals surface area contributed by atoms with Crippen LogP contribution in [0.15, 0.2) is 126 Å². The highest BCUT2D eigenvalue weighted by atomic mass is 32.2. The second kappa shape index (κ2) is 16.5. The van der Waals surface area contributed by atoms with Crippen molar-refractivity contribution in [3.63, 3.8) is 0 Å². The van der Waals surface area contributed by atoms with Gasteiger partial charge in [0, 0.05) is 24.7 Å². The maximum Gasteiger partial charge on any atom is 0.261 e. The number of hydrogen-bond donors (Lipinski definition) is 4. The smallest absolute Gasteiger partial charge is 0.261 e. The van der Waals surface area contributed by atoms with Gasteiger partial charge >= 0.3 is 0 Å². The number of anilines is 1. The van der Waals surface area contributed by atoms with E-state index in [1.54, 1.807) is 12.1 Å². The highest BCUT2D eigenvalue weighted by Gasteiger charge is 2.24. The molecule has 49 heavy (non-hydrogen) atoms. The standard InChI is InChI=1S/C39H39F2N3O4S/c1-2-27-11-8-12-29(19-27)25-42-26-38(45)37(23-30-21-33(40)24-34(41)22-30)43-39(46)31-15-17-35(18-16-31)49(47,48)44-36-14-7-6-13-32(36)20-28-9-4-3-5-10-28/h3-19,21-22,24,37-38,42,44-45H,2,20,23,25-26H2,1H3,(H,43,46)/t37-,38+/m0/s1. The number of rotatable bonds is 15. The van der Waals surface area contributed by atoms with Crippen LogP contribution in [0.1, 0.15) is 45.1 Å². The lowest BCUT2D eigenvalue weighted by Gasteiger charge is -2.25. The number of sulfonamides is 1. The molecule has 5 aromatic rings. The van der Waals surface area contributed by atoms with E-state index in [4.69, 9.17) is 0 Å². The van der Waals surface area contributed by atoms with Gasteiger partial charge in [0.1, 0.15) is 11.6 Å². The average molecular weight is 684 g/mol. The quantitative estimate of drug-likeness (QED) is 0.102. The van der Waals surface area contributed by atoms with Crippen LogP contribution in [0.2, 0.25) is 0 Å². The molecular formula is C39H39F2N3O4S. The fraction of sp³-hybridized carbons (Fsp3) is 0.205. The summed E-state index contributed by atoms with van der Waals surface area (Å²) in [6.45, 7) is 2.63. The third-order valence-corrected chi connectivity index (χ3v) is 9.55. The topological polar surface area (TPSA) is 108 Å². The fourth-order valence-corrected chi connectivity index (χ4v) is 6.66. The summed E-state index contributed by atoms with van der Waals surface area (Å²) in [6.07, 6.45) is 0.258.